The molecule has 2 saturated heterocycles. The predicted octanol–water partition coefficient (Wildman–Crippen LogP) is 7.19. The van der Waals surface area contributed by atoms with Crippen molar-refractivity contribution in [2.75, 3.05) is 7.05 Å². The highest BCUT2D eigenvalue weighted by molar-refractivity contribution is 5.82. The van der Waals surface area contributed by atoms with Crippen LogP contribution in [0.1, 0.15) is 96.4 Å². The van der Waals surface area contributed by atoms with E-state index >= 15 is 0 Å². The van der Waals surface area contributed by atoms with E-state index in [4.69, 9.17) is 0 Å². The van der Waals surface area contributed by atoms with Gasteiger partial charge in [0.2, 0.25) is 0 Å². The van der Waals surface area contributed by atoms with Crippen LogP contribution in [0.25, 0.3) is 11.1 Å². The van der Waals surface area contributed by atoms with Crippen LogP contribution in [0.3, 0.4) is 0 Å². The molecule has 0 aromatic heterocycles. The fourth-order valence-corrected chi connectivity index (χ4v) is 8.50. The van der Waals surface area contributed by atoms with Gasteiger partial charge in [-0.15, -0.1) is 0 Å². The van der Waals surface area contributed by atoms with Crippen LogP contribution in [0, 0.1) is 5.41 Å². The Morgan fingerprint density at radius 3 is 2.03 bits per heavy atom. The Hall–Kier alpha value is -1.60. The van der Waals surface area contributed by atoms with Crippen molar-refractivity contribution in [3.8, 4) is 11.1 Å². The number of likely N-dealkylation sites (N-methyl/N-ethyl adjacent to an activating group) is 1. The zero-order chi connectivity index (χ0) is 22.2. The Labute approximate surface area is 189 Å². The lowest BCUT2D eigenvalue weighted by Crippen LogP contribution is -2.75. The fourth-order valence-electron chi connectivity index (χ4n) is 8.50. The van der Waals surface area contributed by atoms with Crippen molar-refractivity contribution in [3.05, 3.63) is 58.7 Å². The monoisotopic (exact) mass is 413 g/mol. The third-order valence-electron chi connectivity index (χ3n) is 11.2. The zero-order valence-corrected chi connectivity index (χ0v) is 20.8. The molecule has 0 N–H and O–H groups in total. The molecule has 1 nitrogen and oxygen atoms in total. The molecule has 164 valence electrons. The van der Waals surface area contributed by atoms with E-state index in [0.29, 0.717) is 17.0 Å². The smallest absolute Gasteiger partial charge is 0.0254 e. The zero-order valence-electron chi connectivity index (χ0n) is 20.8. The Balaban J connectivity index is 1.69. The number of benzene rings is 2. The molecule has 0 amide bonds. The van der Waals surface area contributed by atoms with Crippen LogP contribution < -0.4 is 0 Å². The molecule has 2 bridgehead atoms. The number of rotatable bonds is 0. The summed E-state index contributed by atoms with van der Waals surface area (Å²) in [4.78, 5) is 2.82. The highest BCUT2D eigenvalue weighted by atomic mass is 15.2. The lowest BCUT2D eigenvalue weighted by Gasteiger charge is -2.71. The van der Waals surface area contributed by atoms with Gasteiger partial charge >= 0.3 is 0 Å². The molecule has 31 heavy (non-hydrogen) atoms. The topological polar surface area (TPSA) is 3.24 Å². The van der Waals surface area contributed by atoms with Gasteiger partial charge in [-0.25, -0.2) is 0 Å². The summed E-state index contributed by atoms with van der Waals surface area (Å²) in [5, 5.41) is 0. The van der Waals surface area contributed by atoms with Crippen LogP contribution in [0.4, 0.5) is 0 Å². The molecular formula is C30H39N. The molecule has 1 spiro atoms. The minimum atomic E-state index is 0.0773. The van der Waals surface area contributed by atoms with Gasteiger partial charge in [0.1, 0.15) is 0 Å². The maximum absolute atomic E-state index is 2.82. The van der Waals surface area contributed by atoms with Crippen molar-refractivity contribution in [2.45, 2.75) is 102 Å². The molecule has 3 aliphatic carbocycles. The highest BCUT2D eigenvalue weighted by Gasteiger charge is 2.67. The van der Waals surface area contributed by atoms with E-state index in [1.54, 1.807) is 16.7 Å². The summed E-state index contributed by atoms with van der Waals surface area (Å²) < 4.78 is 0. The van der Waals surface area contributed by atoms with Crippen molar-refractivity contribution in [1.29, 1.82) is 0 Å². The minimum absolute atomic E-state index is 0.0773. The van der Waals surface area contributed by atoms with E-state index in [2.05, 4.69) is 96.8 Å². The van der Waals surface area contributed by atoms with Gasteiger partial charge in [0.15, 0.2) is 0 Å². The van der Waals surface area contributed by atoms with Gasteiger partial charge in [0.05, 0.1) is 0 Å². The molecule has 2 aromatic carbocycles. The second-order valence-electron chi connectivity index (χ2n) is 13.1. The third kappa shape index (κ3) is 2.04. The van der Waals surface area contributed by atoms with Crippen molar-refractivity contribution < 1.29 is 0 Å². The lowest BCUT2D eigenvalue weighted by molar-refractivity contribution is -0.144. The van der Waals surface area contributed by atoms with Gasteiger partial charge in [0.25, 0.3) is 0 Å². The maximum Gasteiger partial charge on any atom is 0.0254 e. The average Bonchev–Trinajstić information content (AvgIpc) is 2.95. The summed E-state index contributed by atoms with van der Waals surface area (Å²) >= 11 is 0. The second-order valence-corrected chi connectivity index (χ2v) is 13.1. The molecule has 1 saturated carbocycles. The molecule has 1 heteroatoms. The molecule has 7 rings (SSSR count). The summed E-state index contributed by atoms with van der Waals surface area (Å²) in [6.07, 6.45) is 5.35. The van der Waals surface area contributed by atoms with Gasteiger partial charge in [-0.1, -0.05) is 71.9 Å². The number of nitrogens with zero attached hydrogens (tertiary/aromatic N) is 1. The quantitative estimate of drug-likeness (QED) is 0.441. The molecule has 2 heterocycles. The molecule has 2 aromatic rings. The first kappa shape index (κ1) is 20.0. The standard InChI is InChI=1S/C30H39N/c1-26(2)21-12-10-9-11-19(21)20-17-23-24(18-22(20)26)30-15-13-29(7,14-16-30)31(8)25(30)28(5,6)27(23,3)4/h9-12,17-18,25H,13-16H2,1-8H3. The van der Waals surface area contributed by atoms with Crippen LogP contribution in [-0.2, 0) is 16.2 Å². The number of hydrogen-bond acceptors (Lipinski definition) is 1. The first-order valence-electron chi connectivity index (χ1n) is 12.4. The Bertz CT molecular complexity index is 1110. The van der Waals surface area contributed by atoms with Crippen LogP contribution in [0.2, 0.25) is 0 Å². The fraction of sp³-hybridized carbons (Fsp3) is 0.600. The van der Waals surface area contributed by atoms with E-state index in [-0.39, 0.29) is 16.2 Å². The van der Waals surface area contributed by atoms with E-state index in [1.165, 1.54) is 42.4 Å². The van der Waals surface area contributed by atoms with Crippen LogP contribution in [0.15, 0.2) is 36.4 Å². The Morgan fingerprint density at radius 1 is 0.710 bits per heavy atom. The summed E-state index contributed by atoms with van der Waals surface area (Å²) in [5.41, 5.74) is 10.4. The normalized spacial score (nSPS) is 35.8. The van der Waals surface area contributed by atoms with Gasteiger partial charge in [-0.3, -0.25) is 4.90 Å². The summed E-state index contributed by atoms with van der Waals surface area (Å²) in [6.45, 7) is 17.6. The van der Waals surface area contributed by atoms with Crippen LogP contribution in [0.5, 0.6) is 0 Å². The van der Waals surface area contributed by atoms with Crippen molar-refractivity contribution in [2.24, 2.45) is 5.41 Å². The molecule has 1 atom stereocenters. The number of fused-ring (bicyclic) bond motifs is 6. The van der Waals surface area contributed by atoms with E-state index in [9.17, 15) is 0 Å². The van der Waals surface area contributed by atoms with Crippen LogP contribution >= 0.6 is 0 Å². The molecule has 5 aliphatic rings. The lowest BCUT2D eigenvalue weighted by atomic mass is 9.41. The Morgan fingerprint density at radius 2 is 1.35 bits per heavy atom. The third-order valence-corrected chi connectivity index (χ3v) is 11.2. The van der Waals surface area contributed by atoms with E-state index < -0.39 is 0 Å². The van der Waals surface area contributed by atoms with Gasteiger partial charge < -0.3 is 0 Å². The Kier molecular flexibility index (Phi) is 3.54. The summed E-state index contributed by atoms with van der Waals surface area (Å²) in [5.74, 6) is 0. The SMILES string of the molecule is CN1C2C3(CCC1(C)CC3)c1cc3c(cc1C(C)(C)C2(C)C)-c1ccccc1C3(C)C. The largest absolute Gasteiger partial charge is 0.297 e. The maximum atomic E-state index is 2.82. The van der Waals surface area contributed by atoms with E-state index in [0.717, 1.165) is 0 Å². The van der Waals surface area contributed by atoms with Crippen LogP contribution in [-0.4, -0.2) is 23.5 Å². The van der Waals surface area contributed by atoms with Gasteiger partial charge in [-0.05, 0) is 89.9 Å². The molecule has 1 unspecified atom stereocenters. The number of hydrogen-bond donors (Lipinski definition) is 0. The van der Waals surface area contributed by atoms with Gasteiger partial charge in [0, 0.05) is 22.4 Å². The summed E-state index contributed by atoms with van der Waals surface area (Å²) in [7, 11) is 2.44. The first-order chi connectivity index (χ1) is 14.4. The van der Waals surface area contributed by atoms with Gasteiger partial charge in [-0.2, -0.15) is 0 Å². The molecule has 2 aliphatic heterocycles. The minimum Gasteiger partial charge on any atom is -0.297 e. The first-order valence-corrected chi connectivity index (χ1v) is 12.4. The molecule has 3 fully saturated rings. The van der Waals surface area contributed by atoms with Crippen molar-refractivity contribution >= 4 is 0 Å². The van der Waals surface area contributed by atoms with E-state index in [1.807, 2.05) is 0 Å². The second kappa shape index (κ2) is 5.48. The summed E-state index contributed by atoms with van der Waals surface area (Å²) in [6, 6.07) is 15.0. The molecule has 0 radical (unpaired) electrons. The average molecular weight is 414 g/mol. The highest BCUT2D eigenvalue weighted by Crippen LogP contribution is 2.67. The number of piperidine rings is 2. The molecular weight excluding hydrogens is 374 g/mol. The van der Waals surface area contributed by atoms with Crippen molar-refractivity contribution in [3.63, 3.8) is 0 Å². The van der Waals surface area contributed by atoms with Crippen molar-refractivity contribution in [1.82, 2.24) is 4.90 Å². The predicted molar refractivity (Wildman–Crippen MR) is 131 cm³/mol.